The molecule has 3 nitrogen and oxygen atoms in total. The molecule has 116 valence electrons. The number of carbonyl (C=O) groups is 1. The first kappa shape index (κ1) is 16.7. The van der Waals surface area contributed by atoms with E-state index in [2.05, 4.69) is 17.6 Å². The van der Waals surface area contributed by atoms with Crippen LogP contribution in [0.25, 0.3) is 0 Å². The number of aryl methyl sites for hydroxylation is 1. The highest BCUT2D eigenvalue weighted by atomic mass is 35.5. The Morgan fingerprint density at radius 3 is 3.00 bits per heavy atom. The molecule has 2 rings (SSSR count). The van der Waals surface area contributed by atoms with E-state index in [1.165, 1.54) is 25.0 Å². The maximum Gasteiger partial charge on any atom is 0.238 e. The van der Waals surface area contributed by atoms with Crippen molar-refractivity contribution in [3.05, 3.63) is 28.8 Å². The summed E-state index contributed by atoms with van der Waals surface area (Å²) < 4.78 is 0. The average molecular weight is 327 g/mol. The molecular formula is C16H23ClN2OS. The Kier molecular flexibility index (Phi) is 6.40. The number of benzene rings is 1. The van der Waals surface area contributed by atoms with Crippen LogP contribution in [0.4, 0.5) is 5.69 Å². The van der Waals surface area contributed by atoms with E-state index in [0.717, 1.165) is 16.5 Å². The van der Waals surface area contributed by atoms with Gasteiger partial charge in [0.15, 0.2) is 0 Å². The predicted octanol–water partition coefficient (Wildman–Crippen LogP) is 3.85. The monoisotopic (exact) mass is 326 g/mol. The molecule has 0 aliphatic heterocycles. The lowest BCUT2D eigenvalue weighted by Gasteiger charge is -2.14. The number of hydrogen-bond acceptors (Lipinski definition) is 3. The van der Waals surface area contributed by atoms with Gasteiger partial charge in [0, 0.05) is 22.0 Å². The van der Waals surface area contributed by atoms with Crippen LogP contribution in [0.5, 0.6) is 0 Å². The Bertz CT molecular complexity index is 495. The highest BCUT2D eigenvalue weighted by molar-refractivity contribution is 7.99. The third-order valence-electron chi connectivity index (χ3n) is 3.81. The van der Waals surface area contributed by atoms with Crippen molar-refractivity contribution < 1.29 is 4.79 Å². The summed E-state index contributed by atoms with van der Waals surface area (Å²) in [7, 11) is 0. The van der Waals surface area contributed by atoms with Crippen molar-refractivity contribution in [1.29, 1.82) is 0 Å². The van der Waals surface area contributed by atoms with Gasteiger partial charge in [0.25, 0.3) is 0 Å². The molecule has 0 heterocycles. The molecule has 0 aromatic heterocycles. The maximum absolute atomic E-state index is 12.0. The smallest absolute Gasteiger partial charge is 0.238 e. The molecule has 1 amide bonds. The summed E-state index contributed by atoms with van der Waals surface area (Å²) in [5.41, 5.74) is 1.81. The van der Waals surface area contributed by atoms with Crippen molar-refractivity contribution in [2.24, 2.45) is 0 Å². The molecule has 1 aliphatic carbocycles. The zero-order valence-corrected chi connectivity index (χ0v) is 14.2. The molecule has 2 N–H and O–H groups in total. The van der Waals surface area contributed by atoms with E-state index >= 15 is 0 Å². The van der Waals surface area contributed by atoms with Gasteiger partial charge in [-0.1, -0.05) is 24.6 Å². The van der Waals surface area contributed by atoms with E-state index in [1.54, 1.807) is 6.07 Å². The quantitative estimate of drug-likeness (QED) is 0.834. The summed E-state index contributed by atoms with van der Waals surface area (Å²) >= 11 is 7.99. The third-order valence-corrected chi connectivity index (χ3v) is 5.28. The standard InChI is InChI=1S/C16H23ClN2OS/c1-3-21-14-7-6-13(9-14)18-10-16(20)19-15-8-12(17)5-4-11(15)2/h4-5,8,13-14,18H,3,6-7,9-10H2,1-2H3,(H,19,20). The minimum atomic E-state index is -0.00744. The first-order valence-corrected chi connectivity index (χ1v) is 8.92. The molecule has 5 heteroatoms. The molecule has 1 aromatic rings. The molecule has 21 heavy (non-hydrogen) atoms. The van der Waals surface area contributed by atoms with Crippen molar-refractivity contribution in [3.63, 3.8) is 0 Å². The van der Waals surface area contributed by atoms with Gasteiger partial charge in [0.2, 0.25) is 5.91 Å². The molecular weight excluding hydrogens is 304 g/mol. The second kappa shape index (κ2) is 8.06. The lowest BCUT2D eigenvalue weighted by molar-refractivity contribution is -0.115. The zero-order chi connectivity index (χ0) is 15.2. The molecule has 1 fully saturated rings. The Morgan fingerprint density at radius 2 is 2.24 bits per heavy atom. The number of thioether (sulfide) groups is 1. The van der Waals surface area contributed by atoms with E-state index in [-0.39, 0.29) is 5.91 Å². The van der Waals surface area contributed by atoms with Crippen molar-refractivity contribution in [3.8, 4) is 0 Å². The number of hydrogen-bond donors (Lipinski definition) is 2. The first-order valence-electron chi connectivity index (χ1n) is 7.49. The molecule has 2 atom stereocenters. The fraction of sp³-hybridized carbons (Fsp3) is 0.562. The van der Waals surface area contributed by atoms with E-state index in [1.807, 2.05) is 30.8 Å². The van der Waals surface area contributed by atoms with Crippen LogP contribution in [0.1, 0.15) is 31.7 Å². The summed E-state index contributed by atoms with van der Waals surface area (Å²) in [6.07, 6.45) is 3.59. The van der Waals surface area contributed by atoms with Crippen LogP contribution in [-0.4, -0.2) is 29.5 Å². The fourth-order valence-electron chi connectivity index (χ4n) is 2.67. The van der Waals surface area contributed by atoms with Gasteiger partial charge >= 0.3 is 0 Å². The highest BCUT2D eigenvalue weighted by Crippen LogP contribution is 2.29. The molecule has 0 saturated heterocycles. The number of anilines is 1. The Morgan fingerprint density at radius 1 is 1.43 bits per heavy atom. The number of rotatable bonds is 6. The molecule has 1 aliphatic rings. The first-order chi connectivity index (χ1) is 10.1. The lowest BCUT2D eigenvalue weighted by Crippen LogP contribution is -2.35. The molecule has 0 bridgehead atoms. The van der Waals surface area contributed by atoms with Gasteiger partial charge in [-0.3, -0.25) is 4.79 Å². The van der Waals surface area contributed by atoms with Gasteiger partial charge in [-0.2, -0.15) is 11.8 Å². The van der Waals surface area contributed by atoms with Gasteiger partial charge in [-0.25, -0.2) is 0 Å². The van der Waals surface area contributed by atoms with Crippen LogP contribution in [-0.2, 0) is 4.79 Å². The lowest BCUT2D eigenvalue weighted by atomic mass is 10.2. The second-order valence-electron chi connectivity index (χ2n) is 5.48. The Hall–Kier alpha value is -0.710. The van der Waals surface area contributed by atoms with Crippen LogP contribution >= 0.6 is 23.4 Å². The van der Waals surface area contributed by atoms with E-state index < -0.39 is 0 Å². The topological polar surface area (TPSA) is 41.1 Å². The molecule has 2 unspecified atom stereocenters. The van der Waals surface area contributed by atoms with Crippen molar-refractivity contribution in [2.75, 3.05) is 17.6 Å². The highest BCUT2D eigenvalue weighted by Gasteiger charge is 2.24. The van der Waals surface area contributed by atoms with Crippen LogP contribution in [0.2, 0.25) is 5.02 Å². The van der Waals surface area contributed by atoms with Gasteiger partial charge in [0.1, 0.15) is 0 Å². The van der Waals surface area contributed by atoms with E-state index in [9.17, 15) is 4.79 Å². The van der Waals surface area contributed by atoms with Gasteiger partial charge in [-0.05, 0) is 49.6 Å². The maximum atomic E-state index is 12.0. The van der Waals surface area contributed by atoms with Gasteiger partial charge in [0.05, 0.1) is 6.54 Å². The molecule has 1 aromatic carbocycles. The zero-order valence-electron chi connectivity index (χ0n) is 12.6. The Balaban J connectivity index is 1.76. The van der Waals surface area contributed by atoms with Crippen molar-refractivity contribution in [1.82, 2.24) is 5.32 Å². The number of amides is 1. The molecule has 0 radical (unpaired) electrons. The number of nitrogens with one attached hydrogen (secondary N) is 2. The molecule has 0 spiro atoms. The van der Waals surface area contributed by atoms with Crippen LogP contribution in [0.15, 0.2) is 18.2 Å². The normalized spacial score (nSPS) is 21.5. The molecule has 1 saturated carbocycles. The predicted molar refractivity (Wildman–Crippen MR) is 92.4 cm³/mol. The fourth-order valence-corrected chi connectivity index (χ4v) is 3.99. The van der Waals surface area contributed by atoms with E-state index in [0.29, 0.717) is 17.6 Å². The summed E-state index contributed by atoms with van der Waals surface area (Å²) in [5, 5.41) is 7.68. The van der Waals surface area contributed by atoms with Crippen LogP contribution in [0.3, 0.4) is 0 Å². The van der Waals surface area contributed by atoms with Crippen molar-refractivity contribution >= 4 is 35.0 Å². The SMILES string of the molecule is CCSC1CCC(NCC(=O)Nc2cc(Cl)ccc2C)C1. The average Bonchev–Trinajstić information content (AvgIpc) is 2.89. The summed E-state index contributed by atoms with van der Waals surface area (Å²) in [6.45, 7) is 4.52. The van der Waals surface area contributed by atoms with Crippen LogP contribution in [0, 0.1) is 6.92 Å². The van der Waals surface area contributed by atoms with E-state index in [4.69, 9.17) is 11.6 Å². The minimum absolute atomic E-state index is 0.00744. The second-order valence-corrected chi connectivity index (χ2v) is 7.49. The minimum Gasteiger partial charge on any atom is -0.325 e. The third kappa shape index (κ3) is 5.20. The van der Waals surface area contributed by atoms with Gasteiger partial charge in [-0.15, -0.1) is 0 Å². The summed E-state index contributed by atoms with van der Waals surface area (Å²) in [4.78, 5) is 12.0. The summed E-state index contributed by atoms with van der Waals surface area (Å²) in [5.74, 6) is 1.17. The summed E-state index contributed by atoms with van der Waals surface area (Å²) in [6, 6.07) is 6.00. The Labute approximate surface area is 136 Å². The van der Waals surface area contributed by atoms with Gasteiger partial charge < -0.3 is 10.6 Å². The number of carbonyl (C=O) groups excluding carboxylic acids is 1. The van der Waals surface area contributed by atoms with Crippen molar-refractivity contribution in [2.45, 2.75) is 44.4 Å². The number of halogens is 1. The largest absolute Gasteiger partial charge is 0.325 e. The van der Waals surface area contributed by atoms with Crippen LogP contribution < -0.4 is 10.6 Å².